The molecule has 0 atom stereocenters. The van der Waals surface area contributed by atoms with Gasteiger partial charge in [0.1, 0.15) is 11.6 Å². The first-order valence-corrected chi connectivity index (χ1v) is 11.0. The molecule has 7 nitrogen and oxygen atoms in total. The van der Waals surface area contributed by atoms with Gasteiger partial charge in [0.15, 0.2) is 11.5 Å². The van der Waals surface area contributed by atoms with Crippen molar-refractivity contribution in [3.05, 3.63) is 59.2 Å². The third-order valence-corrected chi connectivity index (χ3v) is 4.75. The third-order valence-electron chi connectivity index (χ3n) is 4.75. The Balaban J connectivity index is 2.11. The number of rotatable bonds is 12. The molecule has 2 rings (SSSR count). The van der Waals surface area contributed by atoms with Crippen LogP contribution in [0.3, 0.4) is 0 Å². The Morgan fingerprint density at radius 3 is 2.58 bits per heavy atom. The predicted molar refractivity (Wildman–Crippen MR) is 127 cm³/mol. The molecule has 0 bridgehead atoms. The summed E-state index contributed by atoms with van der Waals surface area (Å²) in [6.07, 6.45) is 5.89. The number of nitriles is 1. The van der Waals surface area contributed by atoms with Gasteiger partial charge in [-0.25, -0.2) is 4.79 Å². The smallest absolute Gasteiger partial charge is 0.338 e. The average molecular weight is 451 g/mol. The molecule has 0 saturated carbocycles. The first kappa shape index (κ1) is 25.5. The van der Waals surface area contributed by atoms with E-state index in [4.69, 9.17) is 14.2 Å². The van der Waals surface area contributed by atoms with Crippen LogP contribution in [0.15, 0.2) is 48.0 Å². The Morgan fingerprint density at radius 2 is 1.88 bits per heavy atom. The number of hydrogen-bond donors (Lipinski definition) is 1. The number of unbranched alkanes of at least 4 members (excludes halogenated alkanes) is 3. The first-order chi connectivity index (χ1) is 16.0. The number of amides is 1. The molecule has 1 amide bonds. The van der Waals surface area contributed by atoms with E-state index >= 15 is 0 Å². The van der Waals surface area contributed by atoms with E-state index in [-0.39, 0.29) is 12.2 Å². The van der Waals surface area contributed by atoms with Gasteiger partial charge in [-0.05, 0) is 55.3 Å². The maximum Gasteiger partial charge on any atom is 0.338 e. The van der Waals surface area contributed by atoms with E-state index < -0.39 is 11.9 Å². The second kappa shape index (κ2) is 13.6. The minimum Gasteiger partial charge on any atom is -0.493 e. The Kier molecular flexibility index (Phi) is 10.5. The van der Waals surface area contributed by atoms with E-state index in [1.54, 1.807) is 50.4 Å². The fraction of sp³-hybridized carbons (Fsp3) is 0.346. The molecule has 2 aromatic rings. The van der Waals surface area contributed by atoms with E-state index in [1.165, 1.54) is 18.6 Å². The molecule has 0 radical (unpaired) electrons. The Morgan fingerprint density at radius 1 is 1.06 bits per heavy atom. The number of anilines is 1. The molecule has 0 aliphatic rings. The molecule has 0 aliphatic heterocycles. The van der Waals surface area contributed by atoms with Crippen molar-refractivity contribution >= 4 is 23.6 Å². The molecule has 2 aromatic carbocycles. The minimum absolute atomic E-state index is 0.0909. The summed E-state index contributed by atoms with van der Waals surface area (Å²) in [6, 6.07) is 13.5. The van der Waals surface area contributed by atoms with Crippen LogP contribution in [-0.2, 0) is 9.53 Å². The van der Waals surface area contributed by atoms with Gasteiger partial charge in [0.25, 0.3) is 5.91 Å². The summed E-state index contributed by atoms with van der Waals surface area (Å²) in [5.74, 6) is 0.0714. The molecule has 0 spiro atoms. The van der Waals surface area contributed by atoms with E-state index in [1.807, 2.05) is 6.07 Å². The number of esters is 1. The Labute approximate surface area is 195 Å². The fourth-order valence-corrected chi connectivity index (χ4v) is 3.06. The lowest BCUT2D eigenvalue weighted by Gasteiger charge is -2.11. The predicted octanol–water partition coefficient (Wildman–Crippen LogP) is 5.38. The zero-order valence-electron chi connectivity index (χ0n) is 19.3. The van der Waals surface area contributed by atoms with Crippen molar-refractivity contribution in [3.8, 4) is 17.6 Å². The van der Waals surface area contributed by atoms with Crippen LogP contribution in [0, 0.1) is 11.3 Å². The molecule has 0 saturated heterocycles. The number of nitrogens with zero attached hydrogens (tertiary/aromatic N) is 1. The van der Waals surface area contributed by atoms with Crippen LogP contribution in [0.4, 0.5) is 5.69 Å². The highest BCUT2D eigenvalue weighted by Gasteiger charge is 2.13. The number of nitrogens with one attached hydrogen (secondary N) is 1. The van der Waals surface area contributed by atoms with Gasteiger partial charge in [0.2, 0.25) is 0 Å². The monoisotopic (exact) mass is 450 g/mol. The largest absolute Gasteiger partial charge is 0.493 e. The lowest BCUT2D eigenvalue weighted by atomic mass is 10.1. The maximum atomic E-state index is 12.6. The number of carbonyl (C=O) groups is 2. The van der Waals surface area contributed by atoms with Gasteiger partial charge in [-0.1, -0.05) is 38.3 Å². The molecule has 0 heterocycles. The van der Waals surface area contributed by atoms with Gasteiger partial charge in [-0.3, -0.25) is 4.79 Å². The lowest BCUT2D eigenvalue weighted by molar-refractivity contribution is -0.112. The number of carbonyl (C=O) groups excluding carboxylic acids is 2. The van der Waals surface area contributed by atoms with Crippen molar-refractivity contribution in [3.63, 3.8) is 0 Å². The highest BCUT2D eigenvalue weighted by molar-refractivity contribution is 6.10. The molecule has 33 heavy (non-hydrogen) atoms. The van der Waals surface area contributed by atoms with Gasteiger partial charge in [-0.2, -0.15) is 5.26 Å². The third kappa shape index (κ3) is 8.00. The summed E-state index contributed by atoms with van der Waals surface area (Å²) in [4.78, 5) is 24.5. The van der Waals surface area contributed by atoms with Crippen molar-refractivity contribution in [2.45, 2.75) is 39.5 Å². The van der Waals surface area contributed by atoms with Crippen LogP contribution >= 0.6 is 0 Å². The van der Waals surface area contributed by atoms with Crippen molar-refractivity contribution in [2.75, 3.05) is 25.6 Å². The van der Waals surface area contributed by atoms with Gasteiger partial charge >= 0.3 is 5.97 Å². The highest BCUT2D eigenvalue weighted by atomic mass is 16.5. The number of benzene rings is 2. The maximum absolute atomic E-state index is 12.6. The van der Waals surface area contributed by atoms with Gasteiger partial charge < -0.3 is 19.5 Å². The fourth-order valence-electron chi connectivity index (χ4n) is 3.06. The molecule has 0 aliphatic carbocycles. The topological polar surface area (TPSA) is 97.7 Å². The lowest BCUT2D eigenvalue weighted by Crippen LogP contribution is -2.14. The minimum atomic E-state index is -0.589. The molecular weight excluding hydrogens is 420 g/mol. The van der Waals surface area contributed by atoms with Crippen LogP contribution in [0.25, 0.3) is 6.08 Å². The van der Waals surface area contributed by atoms with Crippen LogP contribution in [0.2, 0.25) is 0 Å². The van der Waals surface area contributed by atoms with E-state index in [9.17, 15) is 14.9 Å². The van der Waals surface area contributed by atoms with Crippen molar-refractivity contribution < 1.29 is 23.8 Å². The number of ether oxygens (including phenoxy) is 3. The summed E-state index contributed by atoms with van der Waals surface area (Å²) in [6.45, 7) is 4.73. The highest BCUT2D eigenvalue weighted by Crippen LogP contribution is 2.29. The van der Waals surface area contributed by atoms with Crippen molar-refractivity contribution in [2.24, 2.45) is 0 Å². The normalized spacial score (nSPS) is 10.8. The second-order valence-corrected chi connectivity index (χ2v) is 7.24. The second-order valence-electron chi connectivity index (χ2n) is 7.24. The standard InChI is InChI=1S/C26H30N2O5/c1-4-6-7-8-14-33-23-13-12-19(16-24(23)31-3)15-21(18-27)25(29)28-22-11-9-10-20(17-22)26(30)32-5-2/h9-13,15-17H,4-8,14H2,1-3H3,(H,28,29)/b21-15+. The first-order valence-electron chi connectivity index (χ1n) is 11.0. The molecule has 0 aromatic heterocycles. The Bertz CT molecular complexity index is 1020. The summed E-state index contributed by atoms with van der Waals surface area (Å²) in [5.41, 5.74) is 1.23. The Hall–Kier alpha value is -3.79. The zero-order chi connectivity index (χ0) is 24.1. The average Bonchev–Trinajstić information content (AvgIpc) is 2.83. The van der Waals surface area contributed by atoms with E-state index in [0.29, 0.717) is 34.9 Å². The van der Waals surface area contributed by atoms with E-state index in [0.717, 1.165) is 19.3 Å². The zero-order valence-corrected chi connectivity index (χ0v) is 19.3. The van der Waals surface area contributed by atoms with Crippen LogP contribution in [0.1, 0.15) is 55.5 Å². The number of hydrogen-bond acceptors (Lipinski definition) is 6. The van der Waals surface area contributed by atoms with Crippen LogP contribution in [-0.4, -0.2) is 32.2 Å². The van der Waals surface area contributed by atoms with Gasteiger partial charge in [-0.15, -0.1) is 0 Å². The molecule has 1 N–H and O–H groups in total. The van der Waals surface area contributed by atoms with Crippen LogP contribution in [0.5, 0.6) is 11.5 Å². The van der Waals surface area contributed by atoms with Gasteiger partial charge in [0, 0.05) is 5.69 Å². The summed E-state index contributed by atoms with van der Waals surface area (Å²) in [5, 5.41) is 12.1. The molecule has 0 unspecified atom stereocenters. The molecule has 0 fully saturated rings. The van der Waals surface area contributed by atoms with Crippen molar-refractivity contribution in [1.82, 2.24) is 0 Å². The molecule has 7 heteroatoms. The molecule has 174 valence electrons. The molecular formula is C26H30N2O5. The van der Waals surface area contributed by atoms with Crippen molar-refractivity contribution in [1.29, 1.82) is 5.26 Å². The summed E-state index contributed by atoms with van der Waals surface area (Å²) < 4.78 is 16.2. The van der Waals surface area contributed by atoms with Crippen LogP contribution < -0.4 is 14.8 Å². The number of methoxy groups -OCH3 is 1. The summed E-state index contributed by atoms with van der Waals surface area (Å²) in [7, 11) is 1.54. The summed E-state index contributed by atoms with van der Waals surface area (Å²) >= 11 is 0. The SMILES string of the molecule is CCCCCCOc1ccc(/C=C(\C#N)C(=O)Nc2cccc(C(=O)OCC)c2)cc1OC. The van der Waals surface area contributed by atoms with Gasteiger partial charge in [0.05, 0.1) is 25.9 Å². The quantitative estimate of drug-likeness (QED) is 0.202. The van der Waals surface area contributed by atoms with E-state index in [2.05, 4.69) is 12.2 Å².